The van der Waals surface area contributed by atoms with Crippen LogP contribution in [0.1, 0.15) is 20.3 Å². The Bertz CT molecular complexity index is 196. The SMILES string of the molecule is C#CCN(CC(=O)O)CC(C)CC. The molecule has 0 amide bonds. The first-order valence-corrected chi connectivity index (χ1v) is 4.47. The van der Waals surface area contributed by atoms with E-state index >= 15 is 0 Å². The fourth-order valence-electron chi connectivity index (χ4n) is 1.08. The molecule has 0 heterocycles. The van der Waals surface area contributed by atoms with Crippen molar-refractivity contribution in [2.45, 2.75) is 20.3 Å². The van der Waals surface area contributed by atoms with Crippen molar-refractivity contribution in [1.82, 2.24) is 4.90 Å². The van der Waals surface area contributed by atoms with Crippen molar-refractivity contribution in [3.63, 3.8) is 0 Å². The Kier molecular flexibility index (Phi) is 5.99. The Morgan fingerprint density at radius 1 is 1.69 bits per heavy atom. The molecule has 0 fully saturated rings. The summed E-state index contributed by atoms with van der Waals surface area (Å²) in [5.41, 5.74) is 0. The molecule has 3 nitrogen and oxygen atoms in total. The van der Waals surface area contributed by atoms with Crippen LogP contribution < -0.4 is 0 Å². The van der Waals surface area contributed by atoms with Crippen LogP contribution in [0.15, 0.2) is 0 Å². The molecule has 0 aromatic carbocycles. The van der Waals surface area contributed by atoms with Crippen LogP contribution in [0.25, 0.3) is 0 Å². The lowest BCUT2D eigenvalue weighted by molar-refractivity contribution is -0.138. The number of rotatable bonds is 6. The topological polar surface area (TPSA) is 40.5 Å². The first-order chi connectivity index (χ1) is 6.10. The molecule has 0 aromatic heterocycles. The van der Waals surface area contributed by atoms with Crippen LogP contribution in [0.2, 0.25) is 0 Å². The van der Waals surface area contributed by atoms with Gasteiger partial charge >= 0.3 is 5.97 Å². The Morgan fingerprint density at radius 3 is 2.69 bits per heavy atom. The molecular formula is C10H17NO2. The maximum Gasteiger partial charge on any atom is 0.317 e. The first kappa shape index (κ1) is 12.0. The van der Waals surface area contributed by atoms with E-state index in [-0.39, 0.29) is 6.54 Å². The Hall–Kier alpha value is -1.01. The standard InChI is InChI=1S/C10H17NO2/c1-4-6-11(8-10(12)13)7-9(3)5-2/h1,9H,5-8H2,2-3H3,(H,12,13). The average Bonchev–Trinajstić information content (AvgIpc) is 2.03. The lowest BCUT2D eigenvalue weighted by Gasteiger charge is -2.20. The van der Waals surface area contributed by atoms with Crippen LogP contribution in [-0.4, -0.2) is 35.6 Å². The monoisotopic (exact) mass is 183 g/mol. The van der Waals surface area contributed by atoms with E-state index in [1.54, 1.807) is 4.90 Å². The Labute approximate surface area is 79.7 Å². The highest BCUT2D eigenvalue weighted by Crippen LogP contribution is 2.03. The summed E-state index contributed by atoms with van der Waals surface area (Å²) in [7, 11) is 0. The lowest BCUT2D eigenvalue weighted by Crippen LogP contribution is -2.33. The molecule has 0 aliphatic rings. The number of aliphatic carboxylic acids is 1. The summed E-state index contributed by atoms with van der Waals surface area (Å²) in [6, 6.07) is 0. The van der Waals surface area contributed by atoms with Crippen LogP contribution in [0.5, 0.6) is 0 Å². The van der Waals surface area contributed by atoms with Crippen molar-refractivity contribution in [3.05, 3.63) is 0 Å². The van der Waals surface area contributed by atoms with E-state index in [4.69, 9.17) is 11.5 Å². The van der Waals surface area contributed by atoms with Gasteiger partial charge in [-0.15, -0.1) is 6.42 Å². The highest BCUT2D eigenvalue weighted by Gasteiger charge is 2.10. The largest absolute Gasteiger partial charge is 0.480 e. The van der Waals surface area contributed by atoms with E-state index in [0.717, 1.165) is 13.0 Å². The Morgan fingerprint density at radius 2 is 2.31 bits per heavy atom. The third-order valence-electron chi connectivity index (χ3n) is 1.94. The van der Waals surface area contributed by atoms with Crippen molar-refractivity contribution in [2.75, 3.05) is 19.6 Å². The molecule has 0 bridgehead atoms. The van der Waals surface area contributed by atoms with Gasteiger partial charge in [0.2, 0.25) is 0 Å². The molecule has 0 saturated carbocycles. The second kappa shape index (κ2) is 6.50. The first-order valence-electron chi connectivity index (χ1n) is 4.47. The molecule has 0 saturated heterocycles. The van der Waals surface area contributed by atoms with Gasteiger partial charge in [0.05, 0.1) is 13.1 Å². The summed E-state index contributed by atoms with van der Waals surface area (Å²) in [6.45, 7) is 5.38. The molecule has 0 aliphatic heterocycles. The number of terminal acetylenes is 1. The van der Waals surface area contributed by atoms with Gasteiger partial charge in [0.25, 0.3) is 0 Å². The molecule has 74 valence electrons. The zero-order valence-electron chi connectivity index (χ0n) is 8.29. The second-order valence-electron chi connectivity index (χ2n) is 3.28. The number of nitrogens with zero attached hydrogens (tertiary/aromatic N) is 1. The molecule has 0 spiro atoms. The van der Waals surface area contributed by atoms with Crippen molar-refractivity contribution >= 4 is 5.97 Å². The molecule has 1 unspecified atom stereocenters. The average molecular weight is 183 g/mol. The predicted octanol–water partition coefficient (Wildman–Crippen LogP) is 1.05. The number of carboxylic acids is 1. The molecule has 0 aliphatic carbocycles. The molecule has 3 heteroatoms. The van der Waals surface area contributed by atoms with Gasteiger partial charge in [-0.25, -0.2) is 0 Å². The molecular weight excluding hydrogens is 166 g/mol. The normalized spacial score (nSPS) is 12.5. The van der Waals surface area contributed by atoms with Crippen LogP contribution in [0.3, 0.4) is 0 Å². The summed E-state index contributed by atoms with van der Waals surface area (Å²) in [5.74, 6) is 2.14. The number of carbonyl (C=O) groups is 1. The van der Waals surface area contributed by atoms with E-state index in [1.165, 1.54) is 0 Å². The third-order valence-corrected chi connectivity index (χ3v) is 1.94. The van der Waals surface area contributed by atoms with E-state index < -0.39 is 5.97 Å². The maximum absolute atomic E-state index is 10.4. The van der Waals surface area contributed by atoms with Gasteiger partial charge in [0.15, 0.2) is 0 Å². The van der Waals surface area contributed by atoms with Crippen LogP contribution in [0, 0.1) is 18.3 Å². The van der Waals surface area contributed by atoms with E-state index in [0.29, 0.717) is 12.5 Å². The van der Waals surface area contributed by atoms with Crippen molar-refractivity contribution in [3.8, 4) is 12.3 Å². The minimum Gasteiger partial charge on any atom is -0.480 e. The molecule has 0 aromatic rings. The lowest BCUT2D eigenvalue weighted by atomic mass is 10.1. The highest BCUT2D eigenvalue weighted by molar-refractivity contribution is 5.69. The molecule has 1 atom stereocenters. The summed E-state index contributed by atoms with van der Waals surface area (Å²) in [5, 5.41) is 8.59. The maximum atomic E-state index is 10.4. The zero-order chi connectivity index (χ0) is 10.3. The smallest absolute Gasteiger partial charge is 0.317 e. The van der Waals surface area contributed by atoms with Gasteiger partial charge in [0, 0.05) is 6.54 Å². The second-order valence-corrected chi connectivity index (χ2v) is 3.28. The van der Waals surface area contributed by atoms with Crippen molar-refractivity contribution in [2.24, 2.45) is 5.92 Å². The fourth-order valence-corrected chi connectivity index (χ4v) is 1.08. The predicted molar refractivity (Wildman–Crippen MR) is 52.4 cm³/mol. The summed E-state index contributed by atoms with van der Waals surface area (Å²) < 4.78 is 0. The van der Waals surface area contributed by atoms with Gasteiger partial charge in [-0.1, -0.05) is 26.2 Å². The highest BCUT2D eigenvalue weighted by atomic mass is 16.4. The number of carboxylic acid groups (broad SMARTS) is 1. The van der Waals surface area contributed by atoms with E-state index in [2.05, 4.69) is 19.8 Å². The fraction of sp³-hybridized carbons (Fsp3) is 0.700. The van der Waals surface area contributed by atoms with Crippen LogP contribution in [0.4, 0.5) is 0 Å². The van der Waals surface area contributed by atoms with Crippen LogP contribution >= 0.6 is 0 Å². The third kappa shape index (κ3) is 6.18. The van der Waals surface area contributed by atoms with Gasteiger partial charge in [-0.2, -0.15) is 0 Å². The molecule has 0 radical (unpaired) electrons. The quantitative estimate of drug-likeness (QED) is 0.626. The van der Waals surface area contributed by atoms with Gasteiger partial charge in [-0.3, -0.25) is 9.69 Å². The molecule has 13 heavy (non-hydrogen) atoms. The van der Waals surface area contributed by atoms with Gasteiger partial charge in [0.1, 0.15) is 0 Å². The summed E-state index contributed by atoms with van der Waals surface area (Å²) in [4.78, 5) is 12.2. The summed E-state index contributed by atoms with van der Waals surface area (Å²) in [6.07, 6.45) is 6.18. The zero-order valence-corrected chi connectivity index (χ0v) is 8.29. The minimum atomic E-state index is -0.821. The minimum absolute atomic E-state index is 0.0363. The number of hydrogen-bond donors (Lipinski definition) is 1. The van der Waals surface area contributed by atoms with Gasteiger partial charge < -0.3 is 5.11 Å². The van der Waals surface area contributed by atoms with Crippen LogP contribution in [-0.2, 0) is 4.79 Å². The molecule has 1 N–H and O–H groups in total. The molecule has 0 rings (SSSR count). The van der Waals surface area contributed by atoms with Crippen molar-refractivity contribution < 1.29 is 9.90 Å². The number of hydrogen-bond acceptors (Lipinski definition) is 2. The van der Waals surface area contributed by atoms with E-state index in [9.17, 15) is 4.79 Å². The van der Waals surface area contributed by atoms with Crippen molar-refractivity contribution in [1.29, 1.82) is 0 Å². The van der Waals surface area contributed by atoms with E-state index in [1.807, 2.05) is 0 Å². The Balaban J connectivity index is 3.94. The summed E-state index contributed by atoms with van der Waals surface area (Å²) >= 11 is 0. The van der Waals surface area contributed by atoms with Gasteiger partial charge in [-0.05, 0) is 5.92 Å².